The molecule has 5 heterocycles. The Morgan fingerprint density at radius 1 is 0.323 bits per heavy atom. The van der Waals surface area contributed by atoms with Crippen LogP contribution in [-0.2, 0) is 12.8 Å². The summed E-state index contributed by atoms with van der Waals surface area (Å²) in [5, 5.41) is 7.54. The van der Waals surface area contributed by atoms with E-state index in [9.17, 15) is 0 Å². The maximum Gasteiger partial charge on any atom is 0.0919 e. The zero-order chi connectivity index (χ0) is 44.7. The Labute approximate surface area is 382 Å². The van der Waals surface area contributed by atoms with Crippen molar-refractivity contribution in [1.82, 2.24) is 29.9 Å². The highest BCUT2D eigenvalue weighted by atomic mass is 14.8. The largest absolute Gasteiger partial charge is 0.368 e. The molecule has 65 heavy (non-hydrogen) atoms. The van der Waals surface area contributed by atoms with Crippen molar-refractivity contribution in [2.75, 3.05) is 0 Å². The number of aryl methyl sites for hydroxylation is 2. The number of hydrogen-bond donors (Lipinski definition) is 3. The van der Waals surface area contributed by atoms with Crippen molar-refractivity contribution < 1.29 is 0 Å². The van der Waals surface area contributed by atoms with Crippen molar-refractivity contribution in [3.63, 3.8) is 0 Å². The van der Waals surface area contributed by atoms with Gasteiger partial charge in [-0.05, 0) is 106 Å². The van der Waals surface area contributed by atoms with Gasteiger partial charge < -0.3 is 15.0 Å². The summed E-state index contributed by atoms with van der Waals surface area (Å²) in [6.07, 6.45) is 21.6. The number of rotatable bonds is 0. The topological polar surface area (TPSA) is 86.0 Å². The first-order chi connectivity index (χ1) is 32.3. The van der Waals surface area contributed by atoms with Crippen LogP contribution in [0.4, 0.5) is 0 Å². The number of imidazole rings is 1. The number of pyridine rings is 2. The van der Waals surface area contributed by atoms with Crippen LogP contribution in [0.3, 0.4) is 0 Å². The third kappa shape index (κ3) is 17.1. The first-order valence-corrected chi connectivity index (χ1v) is 22.0. The molecule has 1 aliphatic rings. The Balaban J connectivity index is 0.000000125. The van der Waals surface area contributed by atoms with Crippen molar-refractivity contribution in [2.24, 2.45) is 0 Å². The lowest BCUT2D eigenvalue weighted by Crippen LogP contribution is -2.00. The molecule has 0 atom stereocenters. The monoisotopic (exact) mass is 848 g/mol. The van der Waals surface area contributed by atoms with E-state index in [4.69, 9.17) is 0 Å². The van der Waals surface area contributed by atoms with E-state index < -0.39 is 0 Å². The standard InChI is InChI=1S/C10H12.C10H8.2C9H7N.C8H7N.C6H6.C4H5N.C3H4N2/c2*1-2-6-10-8-4-3-7-9(10)5-1;1-2-6-9-8(4-1)5-3-7-10-9;1-2-4-9-7-10-6-5-8(9)3-1;1-2-4-8-7(3-1)5-6-9-8;1-2-4-6-5-3-1;1-2-4-5-3-1;1-2-5-3-4-1/h1-2,5-6H,3-4,7-8H2;1-8H;2*1-7H;1-6,9H;1-6H;1-5H;1-3H,(H,4,5). The molecule has 322 valence electrons. The number of aromatic amines is 3. The third-order valence-corrected chi connectivity index (χ3v) is 10.0. The van der Waals surface area contributed by atoms with Gasteiger partial charge in [0, 0.05) is 60.5 Å². The molecule has 0 saturated heterocycles. The number of benzene rings is 7. The predicted molar refractivity (Wildman–Crippen MR) is 275 cm³/mol. The second-order valence-corrected chi connectivity index (χ2v) is 14.6. The third-order valence-electron chi connectivity index (χ3n) is 10.0. The van der Waals surface area contributed by atoms with Crippen molar-refractivity contribution in [2.45, 2.75) is 25.7 Å². The number of H-pyrrole nitrogens is 3. The molecule has 7 aromatic carbocycles. The zero-order valence-electron chi connectivity index (χ0n) is 36.7. The van der Waals surface area contributed by atoms with E-state index in [1.165, 1.54) is 63.5 Å². The molecular formula is C59H56N6. The normalized spacial score (nSPS) is 10.5. The minimum absolute atomic E-state index is 1.06. The number of nitrogens with one attached hydrogen (secondary N) is 3. The summed E-state index contributed by atoms with van der Waals surface area (Å²) in [6.45, 7) is 0. The lowest BCUT2D eigenvalue weighted by molar-refractivity contribution is 0.685. The van der Waals surface area contributed by atoms with E-state index >= 15 is 0 Å². The van der Waals surface area contributed by atoms with Gasteiger partial charge in [-0.2, -0.15) is 0 Å². The summed E-state index contributed by atoms with van der Waals surface area (Å²) in [7, 11) is 0. The molecular weight excluding hydrogens is 793 g/mol. The molecule has 12 aromatic rings. The SMILES string of the molecule is c1c[nH]cn1.c1cc[nH]c1.c1ccc2[nH]ccc2c1.c1ccc2c(c1)CCCC2.c1ccc2ccccc2c1.c1ccc2cnccc2c1.c1ccc2ncccc2c1.c1ccccc1. The fourth-order valence-corrected chi connectivity index (χ4v) is 6.72. The number of nitrogens with zero attached hydrogens (tertiary/aromatic N) is 3. The molecule has 0 unspecified atom stereocenters. The molecule has 0 bridgehead atoms. The molecule has 13 rings (SSSR count). The van der Waals surface area contributed by atoms with Gasteiger partial charge in [0.2, 0.25) is 0 Å². The van der Waals surface area contributed by atoms with Gasteiger partial charge in [-0.3, -0.25) is 9.97 Å². The van der Waals surface area contributed by atoms with Crippen LogP contribution in [0, 0.1) is 0 Å². The van der Waals surface area contributed by atoms with Crippen LogP contribution >= 0.6 is 0 Å². The van der Waals surface area contributed by atoms with Gasteiger partial charge in [0.05, 0.1) is 11.8 Å². The highest BCUT2D eigenvalue weighted by molar-refractivity contribution is 5.82. The van der Waals surface area contributed by atoms with Crippen LogP contribution in [0.15, 0.2) is 274 Å². The van der Waals surface area contributed by atoms with Gasteiger partial charge in [0.1, 0.15) is 0 Å². The summed E-state index contributed by atoms with van der Waals surface area (Å²) in [6, 6.07) is 74.0. The predicted octanol–water partition coefficient (Wildman–Crippen LogP) is 15.2. The van der Waals surface area contributed by atoms with E-state index in [1.807, 2.05) is 140 Å². The fourth-order valence-electron chi connectivity index (χ4n) is 6.72. The number of aromatic nitrogens is 6. The maximum absolute atomic E-state index is 4.18. The Kier molecular flexibility index (Phi) is 20.1. The van der Waals surface area contributed by atoms with E-state index in [0.29, 0.717) is 0 Å². The molecule has 1 aliphatic carbocycles. The smallest absolute Gasteiger partial charge is 0.0919 e. The van der Waals surface area contributed by atoms with E-state index in [0.717, 1.165) is 5.52 Å². The van der Waals surface area contributed by atoms with Crippen LogP contribution < -0.4 is 0 Å². The Hall–Kier alpha value is -8.35. The fraction of sp³-hybridized carbons (Fsp3) is 0.0678. The summed E-state index contributed by atoms with van der Waals surface area (Å²) in [4.78, 5) is 20.6. The van der Waals surface area contributed by atoms with E-state index in [-0.39, 0.29) is 0 Å². The van der Waals surface area contributed by atoms with Gasteiger partial charge in [-0.1, -0.05) is 176 Å². The highest BCUT2D eigenvalue weighted by Gasteiger charge is 2.06. The van der Waals surface area contributed by atoms with Crippen molar-refractivity contribution in [1.29, 1.82) is 0 Å². The maximum atomic E-state index is 4.18. The first-order valence-electron chi connectivity index (χ1n) is 22.0. The molecule has 3 N–H and O–H groups in total. The van der Waals surface area contributed by atoms with E-state index in [1.54, 1.807) is 29.8 Å². The lowest BCUT2D eigenvalue weighted by Gasteiger charge is -2.13. The molecule has 5 aromatic heterocycles. The Morgan fingerprint density at radius 2 is 0.831 bits per heavy atom. The number of fused-ring (bicyclic) bond motifs is 5. The summed E-state index contributed by atoms with van der Waals surface area (Å²) in [5.41, 5.74) is 5.42. The molecule has 0 saturated carbocycles. The van der Waals surface area contributed by atoms with E-state index in [2.05, 4.69) is 145 Å². The van der Waals surface area contributed by atoms with Crippen LogP contribution in [-0.4, -0.2) is 29.9 Å². The molecule has 6 nitrogen and oxygen atoms in total. The summed E-state index contributed by atoms with van der Waals surface area (Å²) >= 11 is 0. The van der Waals surface area contributed by atoms with Crippen molar-refractivity contribution in [3.05, 3.63) is 285 Å². The number of hydrogen-bond acceptors (Lipinski definition) is 3. The van der Waals surface area contributed by atoms with Gasteiger partial charge in [0.15, 0.2) is 0 Å². The van der Waals surface area contributed by atoms with Gasteiger partial charge in [0.25, 0.3) is 0 Å². The van der Waals surface area contributed by atoms with Crippen molar-refractivity contribution >= 4 is 43.4 Å². The molecule has 0 spiro atoms. The average molecular weight is 849 g/mol. The quantitative estimate of drug-likeness (QED) is 0.142. The molecule has 0 fully saturated rings. The molecule has 0 radical (unpaired) electrons. The Bertz CT molecular complexity index is 2510. The van der Waals surface area contributed by atoms with Gasteiger partial charge in [-0.15, -0.1) is 0 Å². The Morgan fingerprint density at radius 3 is 1.32 bits per heavy atom. The molecule has 0 aliphatic heterocycles. The van der Waals surface area contributed by atoms with Crippen molar-refractivity contribution in [3.8, 4) is 0 Å². The number of para-hydroxylation sites is 2. The van der Waals surface area contributed by atoms with Gasteiger partial charge in [-0.25, -0.2) is 4.98 Å². The summed E-state index contributed by atoms with van der Waals surface area (Å²) in [5.74, 6) is 0. The minimum Gasteiger partial charge on any atom is -0.368 e. The first kappa shape index (κ1) is 46.2. The molecule has 0 amide bonds. The minimum atomic E-state index is 1.06. The van der Waals surface area contributed by atoms with Crippen LogP contribution in [0.5, 0.6) is 0 Å². The molecule has 6 heteroatoms. The lowest BCUT2D eigenvalue weighted by atomic mass is 9.92. The van der Waals surface area contributed by atoms with Crippen LogP contribution in [0.2, 0.25) is 0 Å². The summed E-state index contributed by atoms with van der Waals surface area (Å²) < 4.78 is 0. The van der Waals surface area contributed by atoms with Crippen LogP contribution in [0.1, 0.15) is 24.0 Å². The second kappa shape index (κ2) is 28.3. The second-order valence-electron chi connectivity index (χ2n) is 14.6. The zero-order valence-corrected chi connectivity index (χ0v) is 36.7. The average Bonchev–Trinajstić information content (AvgIpc) is 4.26. The van der Waals surface area contributed by atoms with Crippen LogP contribution in [0.25, 0.3) is 43.4 Å². The highest BCUT2D eigenvalue weighted by Crippen LogP contribution is 2.20. The van der Waals surface area contributed by atoms with Gasteiger partial charge >= 0.3 is 0 Å².